The van der Waals surface area contributed by atoms with Crippen molar-refractivity contribution in [3.8, 4) is 0 Å². The van der Waals surface area contributed by atoms with Crippen LogP contribution < -0.4 is 15.5 Å². The van der Waals surface area contributed by atoms with E-state index in [0.29, 0.717) is 13.0 Å². The van der Waals surface area contributed by atoms with E-state index in [2.05, 4.69) is 10.6 Å². The first-order valence-electron chi connectivity index (χ1n) is 7.62. The molecule has 23 heavy (non-hydrogen) atoms. The summed E-state index contributed by atoms with van der Waals surface area (Å²) in [4.78, 5) is 25.2. The molecule has 0 saturated carbocycles. The van der Waals surface area contributed by atoms with Gasteiger partial charge in [-0.25, -0.2) is 4.79 Å². The number of anilines is 2. The molecule has 118 valence electrons. The molecule has 0 bridgehead atoms. The Hall–Kier alpha value is -2.82. The van der Waals surface area contributed by atoms with Crippen LogP contribution in [-0.4, -0.2) is 25.5 Å². The highest BCUT2D eigenvalue weighted by Crippen LogP contribution is 2.28. The topological polar surface area (TPSA) is 61.4 Å². The van der Waals surface area contributed by atoms with Gasteiger partial charge in [0.1, 0.15) is 0 Å². The number of hydrogen-bond donors (Lipinski definition) is 2. The number of carbonyl (C=O) groups excluding carboxylic acids is 2. The molecule has 1 aliphatic rings. The van der Waals surface area contributed by atoms with Crippen LogP contribution in [0.25, 0.3) is 0 Å². The number of likely N-dealkylation sites (N-methyl/N-ethyl adjacent to an activating group) is 1. The van der Waals surface area contributed by atoms with E-state index in [-0.39, 0.29) is 11.9 Å². The average Bonchev–Trinajstić information content (AvgIpc) is 2.82. The van der Waals surface area contributed by atoms with E-state index in [1.165, 1.54) is 0 Å². The van der Waals surface area contributed by atoms with Gasteiger partial charge in [-0.2, -0.15) is 0 Å². The highest BCUT2D eigenvalue weighted by molar-refractivity contribution is 6.00. The Balaban J connectivity index is 1.51. The van der Waals surface area contributed by atoms with E-state index in [9.17, 15) is 9.59 Å². The summed E-state index contributed by atoms with van der Waals surface area (Å²) in [5.41, 5.74) is 3.92. The van der Waals surface area contributed by atoms with Gasteiger partial charge in [0.15, 0.2) is 0 Å². The monoisotopic (exact) mass is 309 g/mol. The number of fused-ring (bicyclic) bond motifs is 1. The zero-order valence-corrected chi connectivity index (χ0v) is 13.0. The molecular formula is C18H19N3O2. The summed E-state index contributed by atoms with van der Waals surface area (Å²) in [7, 11) is 1.79. The first kappa shape index (κ1) is 15.1. The van der Waals surface area contributed by atoms with Crippen LogP contribution in [0, 0.1) is 0 Å². The standard InChI is InChI=1S/C18H19N3O2/c1-21-16-8-7-13(11-14(16)12-17(21)22)9-10-19-18(23)20-15-5-3-2-4-6-15/h2-8,11H,9-10,12H2,1H3,(H2,19,20,23). The normalized spacial score (nSPS) is 12.9. The van der Waals surface area contributed by atoms with Gasteiger partial charge < -0.3 is 15.5 Å². The minimum Gasteiger partial charge on any atom is -0.338 e. The first-order chi connectivity index (χ1) is 11.1. The van der Waals surface area contributed by atoms with Crippen molar-refractivity contribution in [2.24, 2.45) is 0 Å². The molecule has 0 aliphatic carbocycles. The van der Waals surface area contributed by atoms with Gasteiger partial charge in [-0.3, -0.25) is 4.79 Å². The summed E-state index contributed by atoms with van der Waals surface area (Å²) < 4.78 is 0. The fraction of sp³-hybridized carbons (Fsp3) is 0.222. The second-order valence-corrected chi connectivity index (χ2v) is 5.59. The van der Waals surface area contributed by atoms with Crippen molar-refractivity contribution >= 4 is 23.3 Å². The number of para-hydroxylation sites is 1. The molecule has 0 aromatic heterocycles. The van der Waals surface area contributed by atoms with Crippen molar-refractivity contribution in [1.82, 2.24) is 5.32 Å². The highest BCUT2D eigenvalue weighted by Gasteiger charge is 2.23. The van der Waals surface area contributed by atoms with Crippen LogP contribution in [0.3, 0.4) is 0 Å². The number of amides is 3. The smallest absolute Gasteiger partial charge is 0.319 e. The van der Waals surface area contributed by atoms with Gasteiger partial charge in [-0.05, 0) is 35.7 Å². The van der Waals surface area contributed by atoms with Gasteiger partial charge in [0.05, 0.1) is 6.42 Å². The third-order valence-corrected chi connectivity index (χ3v) is 3.95. The number of benzene rings is 2. The molecule has 0 unspecified atom stereocenters. The molecule has 0 fully saturated rings. The predicted molar refractivity (Wildman–Crippen MR) is 90.7 cm³/mol. The van der Waals surface area contributed by atoms with E-state index in [1.54, 1.807) is 11.9 Å². The first-order valence-corrected chi connectivity index (χ1v) is 7.62. The van der Waals surface area contributed by atoms with Crippen molar-refractivity contribution in [2.45, 2.75) is 12.8 Å². The average molecular weight is 309 g/mol. The van der Waals surface area contributed by atoms with Crippen molar-refractivity contribution in [2.75, 3.05) is 23.8 Å². The van der Waals surface area contributed by atoms with Gasteiger partial charge in [-0.1, -0.05) is 30.3 Å². The minimum atomic E-state index is -0.215. The largest absolute Gasteiger partial charge is 0.338 e. The summed E-state index contributed by atoms with van der Waals surface area (Å²) in [6.07, 6.45) is 1.19. The fourth-order valence-electron chi connectivity index (χ4n) is 2.70. The summed E-state index contributed by atoms with van der Waals surface area (Å²) in [6, 6.07) is 15.1. The number of carbonyl (C=O) groups is 2. The maximum Gasteiger partial charge on any atom is 0.319 e. The van der Waals surface area contributed by atoms with E-state index in [0.717, 1.165) is 28.9 Å². The maximum absolute atomic E-state index is 11.8. The number of urea groups is 1. The number of rotatable bonds is 4. The Labute approximate surface area is 135 Å². The third kappa shape index (κ3) is 3.51. The zero-order chi connectivity index (χ0) is 16.2. The fourth-order valence-corrected chi connectivity index (χ4v) is 2.70. The molecule has 5 heteroatoms. The lowest BCUT2D eigenvalue weighted by Gasteiger charge is -2.11. The van der Waals surface area contributed by atoms with Crippen LogP contribution in [0.1, 0.15) is 11.1 Å². The predicted octanol–water partition coefficient (Wildman–Crippen LogP) is 2.57. The molecule has 0 spiro atoms. The van der Waals surface area contributed by atoms with E-state index < -0.39 is 0 Å². The van der Waals surface area contributed by atoms with Crippen molar-refractivity contribution in [3.63, 3.8) is 0 Å². The SMILES string of the molecule is CN1C(=O)Cc2cc(CCNC(=O)Nc3ccccc3)ccc21. The second kappa shape index (κ2) is 6.52. The van der Waals surface area contributed by atoms with Gasteiger partial charge >= 0.3 is 6.03 Å². The molecule has 5 nitrogen and oxygen atoms in total. The van der Waals surface area contributed by atoms with Crippen LogP contribution in [-0.2, 0) is 17.6 Å². The quantitative estimate of drug-likeness (QED) is 0.912. The Kier molecular flexibility index (Phi) is 4.28. The Morgan fingerprint density at radius 2 is 1.96 bits per heavy atom. The molecule has 1 heterocycles. The van der Waals surface area contributed by atoms with Gasteiger partial charge in [0, 0.05) is 25.0 Å². The summed E-state index contributed by atoms with van der Waals surface area (Å²) in [6.45, 7) is 0.543. The van der Waals surface area contributed by atoms with Crippen LogP contribution in [0.15, 0.2) is 48.5 Å². The van der Waals surface area contributed by atoms with E-state index in [4.69, 9.17) is 0 Å². The van der Waals surface area contributed by atoms with Gasteiger partial charge in [0.2, 0.25) is 5.91 Å². The lowest BCUT2D eigenvalue weighted by atomic mass is 10.1. The molecule has 2 aromatic rings. The molecule has 2 aromatic carbocycles. The second-order valence-electron chi connectivity index (χ2n) is 5.59. The number of hydrogen-bond acceptors (Lipinski definition) is 2. The van der Waals surface area contributed by atoms with Crippen LogP contribution >= 0.6 is 0 Å². The molecule has 0 saturated heterocycles. The zero-order valence-electron chi connectivity index (χ0n) is 13.0. The van der Waals surface area contributed by atoms with Crippen molar-refractivity contribution < 1.29 is 9.59 Å². The number of nitrogens with one attached hydrogen (secondary N) is 2. The minimum absolute atomic E-state index is 0.123. The van der Waals surface area contributed by atoms with E-state index >= 15 is 0 Å². The Morgan fingerprint density at radius 1 is 1.17 bits per heavy atom. The molecule has 0 atom stereocenters. The summed E-state index contributed by atoms with van der Waals surface area (Å²) in [5, 5.41) is 5.62. The molecule has 0 radical (unpaired) electrons. The molecule has 3 amide bonds. The maximum atomic E-state index is 11.8. The van der Waals surface area contributed by atoms with Gasteiger partial charge in [0.25, 0.3) is 0 Å². The number of nitrogens with zero attached hydrogens (tertiary/aromatic N) is 1. The molecule has 2 N–H and O–H groups in total. The molecule has 3 rings (SSSR count). The van der Waals surface area contributed by atoms with Gasteiger partial charge in [-0.15, -0.1) is 0 Å². The summed E-state index contributed by atoms with van der Waals surface area (Å²) in [5.74, 6) is 0.123. The third-order valence-electron chi connectivity index (χ3n) is 3.95. The lowest BCUT2D eigenvalue weighted by molar-refractivity contribution is -0.117. The van der Waals surface area contributed by atoms with Crippen LogP contribution in [0.4, 0.5) is 16.2 Å². The Morgan fingerprint density at radius 3 is 2.74 bits per heavy atom. The Bertz CT molecular complexity index is 728. The van der Waals surface area contributed by atoms with Crippen molar-refractivity contribution in [3.05, 3.63) is 59.7 Å². The van der Waals surface area contributed by atoms with Crippen LogP contribution in [0.5, 0.6) is 0 Å². The lowest BCUT2D eigenvalue weighted by Crippen LogP contribution is -2.30. The molecule has 1 aliphatic heterocycles. The van der Waals surface area contributed by atoms with E-state index in [1.807, 2.05) is 48.5 Å². The van der Waals surface area contributed by atoms with Crippen LogP contribution in [0.2, 0.25) is 0 Å². The highest BCUT2D eigenvalue weighted by atomic mass is 16.2. The van der Waals surface area contributed by atoms with Crippen molar-refractivity contribution in [1.29, 1.82) is 0 Å². The molecular weight excluding hydrogens is 290 g/mol. The summed E-state index contributed by atoms with van der Waals surface area (Å²) >= 11 is 0.